The highest BCUT2D eigenvalue weighted by molar-refractivity contribution is 5.93. The Labute approximate surface area is 107 Å². The largest absolute Gasteiger partial charge is 0.495 e. The van der Waals surface area contributed by atoms with E-state index in [4.69, 9.17) is 10.00 Å². The number of anilines is 1. The summed E-state index contributed by atoms with van der Waals surface area (Å²) in [6, 6.07) is 9.25. The summed E-state index contributed by atoms with van der Waals surface area (Å²) in [4.78, 5) is 13.6. The van der Waals surface area contributed by atoms with Crippen LogP contribution in [0, 0.1) is 11.3 Å². The van der Waals surface area contributed by atoms with Crippen molar-refractivity contribution in [1.82, 2.24) is 4.90 Å². The average Bonchev–Trinajstić information content (AvgIpc) is 2.38. The van der Waals surface area contributed by atoms with Gasteiger partial charge in [0.2, 0.25) is 5.91 Å². The molecular weight excluding hydrogens is 230 g/mol. The third-order valence-electron chi connectivity index (χ3n) is 2.49. The Morgan fingerprint density at radius 2 is 2.22 bits per heavy atom. The zero-order valence-electron chi connectivity index (χ0n) is 10.6. The second kappa shape index (κ2) is 7.30. The monoisotopic (exact) mass is 247 g/mol. The van der Waals surface area contributed by atoms with E-state index in [1.54, 1.807) is 24.1 Å². The normalized spacial score (nSPS) is 9.89. The van der Waals surface area contributed by atoms with Gasteiger partial charge in [0.05, 0.1) is 32.0 Å². The molecule has 0 saturated heterocycles. The van der Waals surface area contributed by atoms with Gasteiger partial charge in [0.25, 0.3) is 0 Å². The van der Waals surface area contributed by atoms with Crippen LogP contribution in [0.4, 0.5) is 5.69 Å². The maximum absolute atomic E-state index is 11.8. The molecule has 0 aromatic heterocycles. The van der Waals surface area contributed by atoms with Crippen LogP contribution in [0.3, 0.4) is 0 Å². The Bertz CT molecular complexity index is 440. The van der Waals surface area contributed by atoms with Crippen molar-refractivity contribution in [2.75, 3.05) is 32.1 Å². The van der Waals surface area contributed by atoms with E-state index >= 15 is 0 Å². The molecule has 1 amide bonds. The predicted molar refractivity (Wildman–Crippen MR) is 69.4 cm³/mol. The summed E-state index contributed by atoms with van der Waals surface area (Å²) < 4.78 is 5.14. The molecule has 0 spiro atoms. The van der Waals surface area contributed by atoms with Crippen LogP contribution in [0.25, 0.3) is 0 Å². The number of nitriles is 1. The summed E-state index contributed by atoms with van der Waals surface area (Å²) in [5.41, 5.74) is 0.637. The highest BCUT2D eigenvalue weighted by Crippen LogP contribution is 2.22. The molecule has 96 valence electrons. The smallest absolute Gasteiger partial charge is 0.238 e. The maximum atomic E-state index is 11.8. The minimum Gasteiger partial charge on any atom is -0.495 e. The predicted octanol–water partition coefficient (Wildman–Crippen LogP) is 1.48. The van der Waals surface area contributed by atoms with E-state index in [9.17, 15) is 4.79 Å². The maximum Gasteiger partial charge on any atom is 0.238 e. The van der Waals surface area contributed by atoms with Crippen molar-refractivity contribution in [3.05, 3.63) is 24.3 Å². The van der Waals surface area contributed by atoms with Gasteiger partial charge in [0.1, 0.15) is 5.75 Å². The average molecular weight is 247 g/mol. The van der Waals surface area contributed by atoms with Crippen LogP contribution in [-0.4, -0.2) is 37.6 Å². The summed E-state index contributed by atoms with van der Waals surface area (Å²) in [6.07, 6.45) is 0. The molecule has 0 radical (unpaired) electrons. The van der Waals surface area contributed by atoms with E-state index in [2.05, 4.69) is 5.32 Å². The molecule has 0 bridgehead atoms. The zero-order valence-corrected chi connectivity index (χ0v) is 10.6. The minimum atomic E-state index is -0.156. The van der Waals surface area contributed by atoms with E-state index in [0.717, 1.165) is 0 Å². The molecular formula is C13H17N3O2. The number of benzene rings is 1. The number of methoxy groups -OCH3 is 1. The number of hydrogen-bond acceptors (Lipinski definition) is 4. The van der Waals surface area contributed by atoms with Crippen LogP contribution in [0.5, 0.6) is 5.75 Å². The van der Waals surface area contributed by atoms with Gasteiger partial charge in [0.15, 0.2) is 0 Å². The number of nitrogens with zero attached hydrogens (tertiary/aromatic N) is 2. The van der Waals surface area contributed by atoms with Crippen molar-refractivity contribution in [2.24, 2.45) is 0 Å². The van der Waals surface area contributed by atoms with Crippen molar-refractivity contribution in [2.45, 2.75) is 6.92 Å². The van der Waals surface area contributed by atoms with Crippen molar-refractivity contribution in [3.63, 3.8) is 0 Å². The highest BCUT2D eigenvalue weighted by Gasteiger charge is 2.10. The molecule has 1 rings (SSSR count). The molecule has 0 fully saturated rings. The van der Waals surface area contributed by atoms with Gasteiger partial charge in [-0.05, 0) is 18.7 Å². The Balaban J connectivity index is 2.62. The van der Waals surface area contributed by atoms with Gasteiger partial charge < -0.3 is 10.1 Å². The summed E-state index contributed by atoms with van der Waals surface area (Å²) in [6.45, 7) is 3.01. The van der Waals surface area contributed by atoms with Crippen LogP contribution < -0.4 is 10.1 Å². The standard InChI is InChI=1S/C13H17N3O2/c1-3-16(9-8-14)10-13(17)15-11-6-4-5-7-12(11)18-2/h4-7H,3,9-10H2,1-2H3,(H,15,17). The van der Waals surface area contributed by atoms with Crippen molar-refractivity contribution < 1.29 is 9.53 Å². The molecule has 1 aromatic rings. The lowest BCUT2D eigenvalue weighted by Gasteiger charge is -2.16. The Hall–Kier alpha value is -2.06. The van der Waals surface area contributed by atoms with Crippen LogP contribution in [0.15, 0.2) is 24.3 Å². The van der Waals surface area contributed by atoms with E-state index in [0.29, 0.717) is 18.0 Å². The number of amides is 1. The molecule has 5 nitrogen and oxygen atoms in total. The van der Waals surface area contributed by atoms with Crippen molar-refractivity contribution >= 4 is 11.6 Å². The molecule has 1 aromatic carbocycles. The van der Waals surface area contributed by atoms with Crippen LogP contribution in [-0.2, 0) is 4.79 Å². The lowest BCUT2D eigenvalue weighted by molar-refractivity contribution is -0.117. The number of ether oxygens (including phenoxy) is 1. The SMILES string of the molecule is CCN(CC#N)CC(=O)Nc1ccccc1OC. The third kappa shape index (κ3) is 4.07. The molecule has 0 aliphatic heterocycles. The second-order valence-electron chi connectivity index (χ2n) is 3.71. The first-order valence-electron chi connectivity index (χ1n) is 5.73. The first kappa shape index (κ1) is 14.0. The van der Waals surface area contributed by atoms with Gasteiger partial charge >= 0.3 is 0 Å². The Kier molecular flexibility index (Phi) is 5.68. The first-order chi connectivity index (χ1) is 8.71. The lowest BCUT2D eigenvalue weighted by Crippen LogP contribution is -2.33. The number of rotatable bonds is 6. The van der Waals surface area contributed by atoms with E-state index in [1.807, 2.05) is 25.1 Å². The summed E-state index contributed by atoms with van der Waals surface area (Å²) in [5.74, 6) is 0.464. The number of carbonyl (C=O) groups excluding carboxylic acids is 1. The molecule has 0 heterocycles. The van der Waals surface area contributed by atoms with E-state index in [-0.39, 0.29) is 19.0 Å². The van der Waals surface area contributed by atoms with Crippen LogP contribution in [0.2, 0.25) is 0 Å². The van der Waals surface area contributed by atoms with E-state index in [1.165, 1.54) is 0 Å². The zero-order chi connectivity index (χ0) is 13.4. The fraction of sp³-hybridized carbons (Fsp3) is 0.385. The van der Waals surface area contributed by atoms with Gasteiger partial charge in [-0.1, -0.05) is 19.1 Å². The molecule has 0 atom stereocenters. The van der Waals surface area contributed by atoms with Gasteiger partial charge in [-0.25, -0.2) is 0 Å². The van der Waals surface area contributed by atoms with Gasteiger partial charge in [-0.2, -0.15) is 5.26 Å². The van der Waals surface area contributed by atoms with Gasteiger partial charge in [-0.15, -0.1) is 0 Å². The fourth-order valence-electron chi connectivity index (χ4n) is 1.52. The number of para-hydroxylation sites is 2. The summed E-state index contributed by atoms with van der Waals surface area (Å²) in [5, 5.41) is 11.4. The van der Waals surface area contributed by atoms with Gasteiger partial charge in [-0.3, -0.25) is 9.69 Å². The number of nitrogens with one attached hydrogen (secondary N) is 1. The highest BCUT2D eigenvalue weighted by atomic mass is 16.5. The first-order valence-corrected chi connectivity index (χ1v) is 5.73. The molecule has 0 unspecified atom stereocenters. The molecule has 1 N–H and O–H groups in total. The molecule has 0 saturated carbocycles. The van der Waals surface area contributed by atoms with Crippen molar-refractivity contribution in [1.29, 1.82) is 5.26 Å². The quantitative estimate of drug-likeness (QED) is 0.773. The molecule has 18 heavy (non-hydrogen) atoms. The molecule has 5 heteroatoms. The minimum absolute atomic E-state index is 0.156. The van der Waals surface area contributed by atoms with Crippen LogP contribution >= 0.6 is 0 Å². The summed E-state index contributed by atoms with van der Waals surface area (Å²) >= 11 is 0. The Morgan fingerprint density at radius 1 is 1.50 bits per heavy atom. The lowest BCUT2D eigenvalue weighted by atomic mass is 10.3. The Morgan fingerprint density at radius 3 is 2.83 bits per heavy atom. The number of likely N-dealkylation sites (N-methyl/N-ethyl adjacent to an activating group) is 1. The topological polar surface area (TPSA) is 65.4 Å². The summed E-state index contributed by atoms with van der Waals surface area (Å²) in [7, 11) is 1.55. The third-order valence-corrected chi connectivity index (χ3v) is 2.49. The van der Waals surface area contributed by atoms with E-state index < -0.39 is 0 Å². The number of hydrogen-bond donors (Lipinski definition) is 1. The second-order valence-corrected chi connectivity index (χ2v) is 3.71. The fourth-order valence-corrected chi connectivity index (χ4v) is 1.52. The number of carbonyl (C=O) groups is 1. The van der Waals surface area contributed by atoms with Gasteiger partial charge in [0, 0.05) is 0 Å². The molecule has 0 aliphatic carbocycles. The van der Waals surface area contributed by atoms with Crippen LogP contribution in [0.1, 0.15) is 6.92 Å². The molecule has 0 aliphatic rings. The van der Waals surface area contributed by atoms with Crippen molar-refractivity contribution in [3.8, 4) is 11.8 Å².